The predicted octanol–water partition coefficient (Wildman–Crippen LogP) is 2.89. The molecule has 21 heavy (non-hydrogen) atoms. The van der Waals surface area contributed by atoms with E-state index in [0.717, 1.165) is 0 Å². The maximum atomic E-state index is 12.3. The number of rotatable bonds is 3. The summed E-state index contributed by atoms with van der Waals surface area (Å²) in [4.78, 5) is 21.0. The second kappa shape index (κ2) is 5.58. The molecular weight excluding hydrogens is 266 g/mol. The van der Waals surface area contributed by atoms with Gasteiger partial charge in [-0.15, -0.1) is 0 Å². The zero-order chi connectivity index (χ0) is 14.7. The zero-order valence-corrected chi connectivity index (χ0v) is 11.4. The second-order valence-electron chi connectivity index (χ2n) is 4.39. The maximum Gasteiger partial charge on any atom is 0.279 e. The highest BCUT2D eigenvalue weighted by Crippen LogP contribution is 2.19. The molecule has 0 aliphatic heterocycles. The molecule has 0 aliphatic carbocycles. The second-order valence-corrected chi connectivity index (χ2v) is 4.39. The summed E-state index contributed by atoms with van der Waals surface area (Å²) in [6, 6.07) is 16.5. The molecule has 0 atom stereocenters. The van der Waals surface area contributed by atoms with Gasteiger partial charge in [0.2, 0.25) is 5.88 Å². The number of nitrogens with one attached hydrogen (secondary N) is 1. The van der Waals surface area contributed by atoms with Gasteiger partial charge in [-0.1, -0.05) is 30.3 Å². The van der Waals surface area contributed by atoms with E-state index in [1.165, 1.54) is 7.11 Å². The summed E-state index contributed by atoms with van der Waals surface area (Å²) in [5.74, 6) is -0.140. The first kappa shape index (κ1) is 13.1. The average molecular weight is 279 g/mol. The fourth-order valence-electron chi connectivity index (χ4n) is 1.99. The van der Waals surface area contributed by atoms with Crippen molar-refractivity contribution in [3.63, 3.8) is 0 Å². The van der Waals surface area contributed by atoms with Crippen LogP contribution in [0.4, 0.5) is 5.69 Å². The third kappa shape index (κ3) is 2.67. The lowest BCUT2D eigenvalue weighted by Crippen LogP contribution is -2.16. The van der Waals surface area contributed by atoms with Gasteiger partial charge in [-0.2, -0.15) is 0 Å². The van der Waals surface area contributed by atoms with E-state index in [1.54, 1.807) is 18.2 Å². The van der Waals surface area contributed by atoms with Crippen LogP contribution in [-0.4, -0.2) is 23.0 Å². The van der Waals surface area contributed by atoms with Gasteiger partial charge in [0.05, 0.1) is 18.1 Å². The number of aromatic nitrogens is 2. The fraction of sp³-hybridized carbons (Fsp3) is 0.0625. The molecule has 0 fully saturated rings. The minimum atomic E-state index is -0.351. The summed E-state index contributed by atoms with van der Waals surface area (Å²) in [5, 5.41) is 2.78. The first-order valence-corrected chi connectivity index (χ1v) is 6.45. The highest BCUT2D eigenvalue weighted by molar-refractivity contribution is 6.05. The first-order chi connectivity index (χ1) is 10.3. The summed E-state index contributed by atoms with van der Waals surface area (Å²) in [6.07, 6.45) is 0. The largest absolute Gasteiger partial charge is 0.479 e. The van der Waals surface area contributed by atoms with Crippen LogP contribution in [0.15, 0.2) is 54.6 Å². The smallest absolute Gasteiger partial charge is 0.279 e. The number of hydrogen-bond acceptors (Lipinski definition) is 4. The molecule has 1 heterocycles. The molecule has 0 radical (unpaired) electrons. The normalized spacial score (nSPS) is 10.3. The standard InChI is InChI=1S/C16H13N3O2/c1-21-16-14(15(20)17-11-7-3-2-4-8-11)18-12-9-5-6-10-13(12)19-16/h2-10H,1H3,(H,17,20). The van der Waals surface area contributed by atoms with E-state index in [9.17, 15) is 4.79 Å². The zero-order valence-electron chi connectivity index (χ0n) is 11.4. The van der Waals surface area contributed by atoms with Crippen molar-refractivity contribution in [1.29, 1.82) is 0 Å². The molecule has 0 unspecified atom stereocenters. The number of carbonyl (C=O) groups excluding carboxylic acids is 1. The molecule has 0 bridgehead atoms. The van der Waals surface area contributed by atoms with Crippen molar-refractivity contribution in [1.82, 2.24) is 9.97 Å². The lowest BCUT2D eigenvalue weighted by molar-refractivity contribution is 0.101. The molecule has 0 saturated heterocycles. The molecule has 1 N–H and O–H groups in total. The van der Waals surface area contributed by atoms with Gasteiger partial charge in [0.25, 0.3) is 5.91 Å². The quantitative estimate of drug-likeness (QED) is 0.800. The molecule has 104 valence electrons. The van der Waals surface area contributed by atoms with Crippen LogP contribution in [-0.2, 0) is 0 Å². The van der Waals surface area contributed by atoms with Crippen LogP contribution >= 0.6 is 0 Å². The van der Waals surface area contributed by atoms with Crippen molar-refractivity contribution in [2.45, 2.75) is 0 Å². The topological polar surface area (TPSA) is 64.1 Å². The Kier molecular flexibility index (Phi) is 3.47. The Morgan fingerprint density at radius 2 is 1.57 bits per heavy atom. The average Bonchev–Trinajstić information content (AvgIpc) is 2.54. The summed E-state index contributed by atoms with van der Waals surface area (Å²) in [6.45, 7) is 0. The number of anilines is 1. The molecule has 0 aliphatic rings. The van der Waals surface area contributed by atoms with E-state index in [4.69, 9.17) is 4.74 Å². The minimum Gasteiger partial charge on any atom is -0.479 e. The molecule has 0 spiro atoms. The Morgan fingerprint density at radius 1 is 0.952 bits per heavy atom. The first-order valence-electron chi connectivity index (χ1n) is 6.45. The molecule has 5 nitrogen and oxygen atoms in total. The summed E-state index contributed by atoms with van der Waals surface area (Å²) < 4.78 is 5.18. The summed E-state index contributed by atoms with van der Waals surface area (Å²) >= 11 is 0. The van der Waals surface area contributed by atoms with E-state index < -0.39 is 0 Å². The number of amides is 1. The molecule has 3 rings (SSSR count). The Labute approximate surface area is 121 Å². The number of hydrogen-bond donors (Lipinski definition) is 1. The Hall–Kier alpha value is -2.95. The molecule has 2 aromatic carbocycles. The minimum absolute atomic E-state index is 0.167. The van der Waals surface area contributed by atoms with Crippen LogP contribution in [0.5, 0.6) is 5.88 Å². The van der Waals surface area contributed by atoms with Gasteiger partial charge >= 0.3 is 0 Å². The van der Waals surface area contributed by atoms with Gasteiger partial charge in [0.1, 0.15) is 0 Å². The number of fused-ring (bicyclic) bond motifs is 1. The van der Waals surface area contributed by atoms with Gasteiger partial charge in [0, 0.05) is 5.69 Å². The van der Waals surface area contributed by atoms with Gasteiger partial charge in [-0.3, -0.25) is 4.79 Å². The van der Waals surface area contributed by atoms with Gasteiger partial charge in [-0.05, 0) is 24.3 Å². The van der Waals surface area contributed by atoms with Crippen molar-refractivity contribution in [3.8, 4) is 5.88 Å². The van der Waals surface area contributed by atoms with E-state index in [1.807, 2.05) is 36.4 Å². The van der Waals surface area contributed by atoms with E-state index in [0.29, 0.717) is 16.7 Å². The maximum absolute atomic E-state index is 12.3. The molecule has 1 aromatic heterocycles. The summed E-state index contributed by atoms with van der Waals surface area (Å²) in [7, 11) is 1.47. The lowest BCUT2D eigenvalue weighted by atomic mass is 10.2. The van der Waals surface area contributed by atoms with E-state index in [2.05, 4.69) is 15.3 Å². The highest BCUT2D eigenvalue weighted by atomic mass is 16.5. The van der Waals surface area contributed by atoms with Crippen molar-refractivity contribution in [2.24, 2.45) is 0 Å². The Bertz CT molecular complexity index is 788. The molecule has 5 heteroatoms. The van der Waals surface area contributed by atoms with Crippen LogP contribution in [0, 0.1) is 0 Å². The Balaban J connectivity index is 2.00. The van der Waals surface area contributed by atoms with Crippen LogP contribution in [0.1, 0.15) is 10.5 Å². The van der Waals surface area contributed by atoms with Gasteiger partial charge in [0.15, 0.2) is 5.69 Å². The number of methoxy groups -OCH3 is 1. The van der Waals surface area contributed by atoms with Gasteiger partial charge in [-0.25, -0.2) is 9.97 Å². The number of benzene rings is 2. The summed E-state index contributed by atoms with van der Waals surface area (Å²) in [5.41, 5.74) is 2.20. The number of carbonyl (C=O) groups is 1. The lowest BCUT2D eigenvalue weighted by Gasteiger charge is -2.09. The van der Waals surface area contributed by atoms with Crippen LogP contribution in [0.2, 0.25) is 0 Å². The Morgan fingerprint density at radius 3 is 2.24 bits per heavy atom. The van der Waals surface area contributed by atoms with E-state index >= 15 is 0 Å². The molecular formula is C16H13N3O2. The van der Waals surface area contributed by atoms with Gasteiger partial charge < -0.3 is 10.1 Å². The van der Waals surface area contributed by atoms with Crippen molar-refractivity contribution in [3.05, 3.63) is 60.3 Å². The number of nitrogens with zero attached hydrogens (tertiary/aromatic N) is 2. The van der Waals surface area contributed by atoms with Crippen LogP contribution < -0.4 is 10.1 Å². The van der Waals surface area contributed by atoms with E-state index in [-0.39, 0.29) is 17.5 Å². The number of para-hydroxylation sites is 3. The monoisotopic (exact) mass is 279 g/mol. The number of ether oxygens (including phenoxy) is 1. The highest BCUT2D eigenvalue weighted by Gasteiger charge is 2.17. The predicted molar refractivity (Wildman–Crippen MR) is 80.5 cm³/mol. The molecule has 1 amide bonds. The third-order valence-electron chi connectivity index (χ3n) is 2.98. The SMILES string of the molecule is COc1nc2ccccc2nc1C(=O)Nc1ccccc1. The molecule has 0 saturated carbocycles. The fourth-order valence-corrected chi connectivity index (χ4v) is 1.99. The van der Waals surface area contributed by atoms with Crippen LogP contribution in [0.3, 0.4) is 0 Å². The third-order valence-corrected chi connectivity index (χ3v) is 2.98. The van der Waals surface area contributed by atoms with Crippen molar-refractivity contribution < 1.29 is 9.53 Å². The van der Waals surface area contributed by atoms with Crippen molar-refractivity contribution >= 4 is 22.6 Å². The van der Waals surface area contributed by atoms with Crippen molar-refractivity contribution in [2.75, 3.05) is 12.4 Å². The van der Waals surface area contributed by atoms with Crippen LogP contribution in [0.25, 0.3) is 11.0 Å². The molecule has 3 aromatic rings.